The number of fused-ring (bicyclic) bond motifs is 1. The predicted octanol–water partition coefficient (Wildman–Crippen LogP) is 9.40. The predicted molar refractivity (Wildman–Crippen MR) is 166 cm³/mol. The van der Waals surface area contributed by atoms with Crippen molar-refractivity contribution in [3.8, 4) is 17.2 Å². The van der Waals surface area contributed by atoms with E-state index in [0.29, 0.717) is 25.5 Å². The summed E-state index contributed by atoms with van der Waals surface area (Å²) in [7, 11) is 1.61. The number of unbranched alkanes of at least 4 members (excludes halogenated alkanes) is 8. The Morgan fingerprint density at radius 1 is 0.846 bits per heavy atom. The summed E-state index contributed by atoms with van der Waals surface area (Å²) < 4.78 is 19.8. The molecule has 0 radical (unpaired) electrons. The molecular weight excluding hydrogens is 486 g/mol. The highest BCUT2D eigenvalue weighted by molar-refractivity contribution is 5.89. The van der Waals surface area contributed by atoms with Gasteiger partial charge >= 0.3 is 0 Å². The summed E-state index contributed by atoms with van der Waals surface area (Å²) in [6, 6.07) is 5.97. The third-order valence-electron chi connectivity index (χ3n) is 7.11. The first-order valence-electron chi connectivity index (χ1n) is 15.2. The van der Waals surface area contributed by atoms with Gasteiger partial charge in [0, 0.05) is 18.0 Å². The van der Waals surface area contributed by atoms with Crippen molar-refractivity contribution in [2.75, 3.05) is 20.3 Å². The number of hydrogen-bond acceptors (Lipinski definition) is 4. The van der Waals surface area contributed by atoms with Gasteiger partial charge in [0.05, 0.1) is 19.2 Å². The van der Waals surface area contributed by atoms with Gasteiger partial charge in [-0.2, -0.15) is 0 Å². The van der Waals surface area contributed by atoms with Crippen molar-refractivity contribution >= 4 is 10.9 Å². The molecule has 2 rings (SSSR count). The van der Waals surface area contributed by atoms with Crippen LogP contribution in [0, 0.1) is 0 Å². The zero-order valence-corrected chi connectivity index (χ0v) is 25.6. The van der Waals surface area contributed by atoms with Crippen molar-refractivity contribution in [3.05, 3.63) is 51.9 Å². The van der Waals surface area contributed by atoms with E-state index in [9.17, 15) is 4.79 Å². The van der Waals surface area contributed by atoms with Crippen LogP contribution >= 0.6 is 0 Å². The Morgan fingerprint density at radius 2 is 1.54 bits per heavy atom. The lowest BCUT2D eigenvalue weighted by Gasteiger charge is -2.18. The Balaban J connectivity index is 2.27. The molecule has 1 heterocycles. The summed E-state index contributed by atoms with van der Waals surface area (Å²) >= 11 is 0. The molecule has 0 saturated carbocycles. The standard InChI is InChI=1S/C34H53NO4/c1-7-9-11-13-14-16-24-38-29-20-21-30-31(26-29)35(23-15-12-10-8-2)34(36)33(32(30)37-6)39-25-22-28(5)19-17-18-27(3)4/h18,20-22,26H,7-17,19,23-25H2,1-6H3/b28-22+. The molecule has 2 aromatic rings. The van der Waals surface area contributed by atoms with Gasteiger partial charge in [-0.25, -0.2) is 0 Å². The van der Waals surface area contributed by atoms with E-state index in [4.69, 9.17) is 14.2 Å². The number of pyridine rings is 1. The van der Waals surface area contributed by atoms with Crippen LogP contribution in [0.25, 0.3) is 10.9 Å². The summed E-state index contributed by atoms with van der Waals surface area (Å²) in [5.74, 6) is 1.58. The van der Waals surface area contributed by atoms with E-state index < -0.39 is 0 Å². The van der Waals surface area contributed by atoms with Crippen molar-refractivity contribution < 1.29 is 14.2 Å². The minimum atomic E-state index is -0.139. The van der Waals surface area contributed by atoms with Crippen molar-refractivity contribution in [2.24, 2.45) is 0 Å². The Bertz CT molecular complexity index is 1110. The fourth-order valence-corrected chi connectivity index (χ4v) is 4.75. The van der Waals surface area contributed by atoms with Crippen LogP contribution in [-0.2, 0) is 6.54 Å². The number of rotatable bonds is 20. The summed E-state index contributed by atoms with van der Waals surface area (Å²) in [5, 5.41) is 0.874. The fourth-order valence-electron chi connectivity index (χ4n) is 4.75. The molecule has 0 fully saturated rings. The van der Waals surface area contributed by atoms with Crippen LogP contribution in [0.1, 0.15) is 112 Å². The second-order valence-electron chi connectivity index (χ2n) is 10.9. The lowest BCUT2D eigenvalue weighted by Crippen LogP contribution is -2.24. The average Bonchev–Trinajstić information content (AvgIpc) is 2.91. The monoisotopic (exact) mass is 539 g/mol. The normalized spacial score (nSPS) is 11.6. The van der Waals surface area contributed by atoms with Gasteiger partial charge in [-0.05, 0) is 64.7 Å². The smallest absolute Gasteiger partial charge is 0.297 e. The van der Waals surface area contributed by atoms with Gasteiger partial charge in [0.15, 0.2) is 5.75 Å². The van der Waals surface area contributed by atoms with Crippen LogP contribution in [0.4, 0.5) is 0 Å². The highest BCUT2D eigenvalue weighted by Gasteiger charge is 2.19. The maximum atomic E-state index is 13.7. The molecule has 39 heavy (non-hydrogen) atoms. The van der Waals surface area contributed by atoms with Crippen molar-refractivity contribution in [2.45, 2.75) is 118 Å². The first-order valence-corrected chi connectivity index (χ1v) is 15.2. The SMILES string of the molecule is CCCCCCCCOc1ccc2c(OC)c(OC/C=C(\C)CCC=C(C)C)c(=O)n(CCCCCC)c2c1. The maximum absolute atomic E-state index is 13.7. The molecule has 0 atom stereocenters. The third kappa shape index (κ3) is 11.1. The highest BCUT2D eigenvalue weighted by atomic mass is 16.5. The van der Waals surface area contributed by atoms with Crippen LogP contribution in [0.15, 0.2) is 46.3 Å². The van der Waals surface area contributed by atoms with E-state index in [1.807, 2.05) is 22.8 Å². The van der Waals surface area contributed by atoms with Gasteiger partial charge in [0.1, 0.15) is 12.4 Å². The molecule has 0 saturated heterocycles. The van der Waals surface area contributed by atoms with Gasteiger partial charge in [0.25, 0.3) is 5.56 Å². The zero-order chi connectivity index (χ0) is 28.5. The number of aromatic nitrogens is 1. The second-order valence-corrected chi connectivity index (χ2v) is 10.9. The summed E-state index contributed by atoms with van der Waals surface area (Å²) in [6.45, 7) is 12.5. The molecule has 5 heteroatoms. The van der Waals surface area contributed by atoms with Gasteiger partial charge < -0.3 is 18.8 Å². The molecular formula is C34H53NO4. The molecule has 1 aromatic heterocycles. The zero-order valence-electron chi connectivity index (χ0n) is 25.6. The lowest BCUT2D eigenvalue weighted by atomic mass is 10.1. The van der Waals surface area contributed by atoms with Crippen molar-refractivity contribution in [3.63, 3.8) is 0 Å². The number of hydrogen-bond donors (Lipinski definition) is 0. The topological polar surface area (TPSA) is 49.7 Å². The minimum Gasteiger partial charge on any atom is -0.494 e. The third-order valence-corrected chi connectivity index (χ3v) is 7.11. The number of benzene rings is 1. The summed E-state index contributed by atoms with van der Waals surface area (Å²) in [6.07, 6.45) is 18.0. The molecule has 5 nitrogen and oxygen atoms in total. The second kappa shape index (κ2) is 18.6. The first kappa shape index (κ1) is 32.5. The van der Waals surface area contributed by atoms with Gasteiger partial charge in [-0.3, -0.25) is 4.79 Å². The lowest BCUT2D eigenvalue weighted by molar-refractivity contribution is 0.304. The van der Waals surface area contributed by atoms with Gasteiger partial charge in [0.2, 0.25) is 5.75 Å². The minimum absolute atomic E-state index is 0.139. The number of ether oxygens (including phenoxy) is 3. The number of aryl methyl sites for hydroxylation is 1. The molecule has 0 N–H and O–H groups in total. The van der Waals surface area contributed by atoms with E-state index in [2.05, 4.69) is 46.8 Å². The Kier molecular flexibility index (Phi) is 15.5. The number of nitrogens with zero attached hydrogens (tertiary/aromatic N) is 1. The maximum Gasteiger partial charge on any atom is 0.297 e. The van der Waals surface area contributed by atoms with Crippen LogP contribution in [0.2, 0.25) is 0 Å². The van der Waals surface area contributed by atoms with Crippen molar-refractivity contribution in [1.29, 1.82) is 0 Å². The van der Waals surface area contributed by atoms with E-state index in [1.54, 1.807) is 7.11 Å². The average molecular weight is 540 g/mol. The molecule has 0 aliphatic heterocycles. The first-order chi connectivity index (χ1) is 18.9. The molecule has 218 valence electrons. The molecule has 0 amide bonds. The highest BCUT2D eigenvalue weighted by Crippen LogP contribution is 2.35. The van der Waals surface area contributed by atoms with Gasteiger partial charge in [-0.1, -0.05) is 82.4 Å². The fraction of sp³-hybridized carbons (Fsp3) is 0.618. The summed E-state index contributed by atoms with van der Waals surface area (Å²) in [5.41, 5.74) is 3.28. The molecule has 0 bridgehead atoms. The Labute approximate surface area is 237 Å². The van der Waals surface area contributed by atoms with Crippen LogP contribution in [0.3, 0.4) is 0 Å². The summed E-state index contributed by atoms with van der Waals surface area (Å²) in [4.78, 5) is 13.7. The Hall–Kier alpha value is -2.69. The van der Waals surface area contributed by atoms with E-state index >= 15 is 0 Å². The molecule has 1 aromatic carbocycles. The number of methoxy groups -OCH3 is 1. The molecule has 0 aliphatic carbocycles. The Morgan fingerprint density at radius 3 is 2.23 bits per heavy atom. The van der Waals surface area contributed by atoms with E-state index in [1.165, 1.54) is 43.3 Å². The van der Waals surface area contributed by atoms with Crippen LogP contribution in [0.5, 0.6) is 17.2 Å². The van der Waals surface area contributed by atoms with Gasteiger partial charge in [-0.15, -0.1) is 0 Å². The number of allylic oxidation sites excluding steroid dienone is 3. The molecule has 0 unspecified atom stereocenters. The molecule has 0 aliphatic rings. The largest absolute Gasteiger partial charge is 0.494 e. The quantitative estimate of drug-likeness (QED) is 0.124. The molecule has 0 spiro atoms. The van der Waals surface area contributed by atoms with Crippen molar-refractivity contribution in [1.82, 2.24) is 4.57 Å². The van der Waals surface area contributed by atoms with Crippen LogP contribution in [-0.4, -0.2) is 24.9 Å². The van der Waals surface area contributed by atoms with E-state index in [0.717, 1.165) is 61.6 Å². The van der Waals surface area contributed by atoms with Crippen LogP contribution < -0.4 is 19.8 Å². The van der Waals surface area contributed by atoms with E-state index in [-0.39, 0.29) is 11.3 Å².